The van der Waals surface area contributed by atoms with E-state index in [1.54, 1.807) is 24.3 Å². The number of benzene rings is 2. The fourth-order valence-corrected chi connectivity index (χ4v) is 8.51. The normalized spacial score (nSPS) is 33.9. The Morgan fingerprint density at radius 3 is 1.27 bits per heavy atom. The SMILES string of the molecule is CC(C)[C@H]1CC[C@H](C)C[C@@H]1OC(=O)C1C(c2ccc(O)cc2)C(C(=O)O[C@H]2C[C@@H](C)CC[C@@H]2C(C)C)C1c1ccc(O)cc1. The largest absolute Gasteiger partial charge is 0.508 e. The van der Waals surface area contributed by atoms with E-state index in [4.69, 9.17) is 9.47 Å². The van der Waals surface area contributed by atoms with Gasteiger partial charge in [0.2, 0.25) is 0 Å². The van der Waals surface area contributed by atoms with Crippen molar-refractivity contribution in [2.75, 3.05) is 0 Å². The molecule has 2 aromatic carbocycles. The average molecular weight is 605 g/mol. The Morgan fingerprint density at radius 1 is 0.614 bits per heavy atom. The monoisotopic (exact) mass is 604 g/mol. The Labute approximate surface area is 263 Å². The first-order chi connectivity index (χ1) is 20.9. The molecule has 0 saturated heterocycles. The number of phenols is 2. The van der Waals surface area contributed by atoms with Gasteiger partial charge in [-0.3, -0.25) is 9.59 Å². The second-order valence-electron chi connectivity index (χ2n) is 14.9. The van der Waals surface area contributed by atoms with Crippen LogP contribution in [0.4, 0.5) is 0 Å². The van der Waals surface area contributed by atoms with Gasteiger partial charge in [0.25, 0.3) is 0 Å². The minimum atomic E-state index is -0.599. The maximum atomic E-state index is 14.3. The molecule has 3 aliphatic rings. The molecule has 3 saturated carbocycles. The molecular formula is C38H52O6. The van der Waals surface area contributed by atoms with Crippen LogP contribution in [0, 0.1) is 47.3 Å². The molecule has 0 bridgehead atoms. The minimum Gasteiger partial charge on any atom is -0.508 e. The predicted molar refractivity (Wildman–Crippen MR) is 171 cm³/mol. The molecule has 0 aromatic heterocycles. The zero-order valence-corrected chi connectivity index (χ0v) is 27.3. The van der Waals surface area contributed by atoms with Crippen molar-refractivity contribution in [1.29, 1.82) is 0 Å². The van der Waals surface area contributed by atoms with E-state index in [1.807, 2.05) is 24.3 Å². The molecule has 6 nitrogen and oxygen atoms in total. The van der Waals surface area contributed by atoms with Gasteiger partial charge in [-0.05, 0) is 96.6 Å². The maximum Gasteiger partial charge on any atom is 0.310 e. The number of hydrogen-bond donors (Lipinski definition) is 2. The Hall–Kier alpha value is -3.02. The van der Waals surface area contributed by atoms with Gasteiger partial charge < -0.3 is 19.7 Å². The fraction of sp³-hybridized carbons (Fsp3) is 0.632. The van der Waals surface area contributed by atoms with Crippen LogP contribution in [0.1, 0.15) is 103 Å². The third-order valence-electron chi connectivity index (χ3n) is 11.1. The summed E-state index contributed by atoms with van der Waals surface area (Å²) in [5.41, 5.74) is 1.63. The quantitative estimate of drug-likeness (QED) is 0.295. The molecule has 0 heterocycles. The van der Waals surface area contributed by atoms with Crippen LogP contribution in [-0.2, 0) is 19.1 Å². The smallest absolute Gasteiger partial charge is 0.310 e. The first-order valence-electron chi connectivity index (χ1n) is 16.9. The molecule has 5 rings (SSSR count). The van der Waals surface area contributed by atoms with Gasteiger partial charge in [-0.1, -0.05) is 78.6 Å². The highest BCUT2D eigenvalue weighted by Crippen LogP contribution is 2.59. The Balaban J connectivity index is 1.51. The molecule has 2 aromatic rings. The first-order valence-corrected chi connectivity index (χ1v) is 16.9. The van der Waals surface area contributed by atoms with Crippen molar-refractivity contribution in [3.05, 3.63) is 59.7 Å². The van der Waals surface area contributed by atoms with Crippen molar-refractivity contribution in [1.82, 2.24) is 0 Å². The molecule has 6 heteroatoms. The Morgan fingerprint density at radius 2 is 0.955 bits per heavy atom. The van der Waals surface area contributed by atoms with Crippen molar-refractivity contribution >= 4 is 11.9 Å². The van der Waals surface area contributed by atoms with Crippen molar-refractivity contribution in [3.63, 3.8) is 0 Å². The first kappa shape index (κ1) is 32.4. The molecule has 0 aliphatic heterocycles. The molecule has 3 aliphatic carbocycles. The summed E-state index contributed by atoms with van der Waals surface area (Å²) < 4.78 is 12.9. The summed E-state index contributed by atoms with van der Waals surface area (Å²) in [7, 11) is 0. The molecule has 240 valence electrons. The summed E-state index contributed by atoms with van der Waals surface area (Å²) in [5.74, 6) is -0.0150. The molecule has 6 atom stereocenters. The second kappa shape index (κ2) is 13.5. The highest BCUT2D eigenvalue weighted by atomic mass is 16.6. The van der Waals surface area contributed by atoms with Crippen molar-refractivity contribution in [3.8, 4) is 11.5 Å². The van der Waals surface area contributed by atoms with Crippen LogP contribution in [0.25, 0.3) is 0 Å². The number of carbonyl (C=O) groups is 2. The van der Waals surface area contributed by atoms with Crippen molar-refractivity contribution in [2.24, 2.45) is 47.3 Å². The van der Waals surface area contributed by atoms with Gasteiger partial charge in [-0.2, -0.15) is 0 Å². The van der Waals surface area contributed by atoms with Crippen molar-refractivity contribution < 1.29 is 29.3 Å². The molecule has 0 unspecified atom stereocenters. The molecule has 0 radical (unpaired) electrons. The molecular weight excluding hydrogens is 552 g/mol. The number of phenolic OH excluding ortho intramolecular Hbond substituents is 2. The van der Waals surface area contributed by atoms with Crippen LogP contribution in [0.3, 0.4) is 0 Å². The number of carbonyl (C=O) groups excluding carboxylic acids is 2. The molecule has 0 amide bonds. The zero-order valence-electron chi connectivity index (χ0n) is 27.3. The number of rotatable bonds is 8. The molecule has 2 N–H and O–H groups in total. The van der Waals surface area contributed by atoms with E-state index in [0.717, 1.165) is 49.7 Å². The average Bonchev–Trinajstić information content (AvgIpc) is 2.94. The van der Waals surface area contributed by atoms with E-state index in [0.29, 0.717) is 35.5 Å². The van der Waals surface area contributed by atoms with Gasteiger partial charge in [0.05, 0.1) is 11.8 Å². The summed E-state index contributed by atoms with van der Waals surface area (Å²) in [4.78, 5) is 28.7. The lowest BCUT2D eigenvalue weighted by molar-refractivity contribution is -0.180. The van der Waals surface area contributed by atoms with Gasteiger partial charge in [-0.25, -0.2) is 0 Å². The van der Waals surface area contributed by atoms with E-state index >= 15 is 0 Å². The second-order valence-corrected chi connectivity index (χ2v) is 14.9. The topological polar surface area (TPSA) is 93.1 Å². The molecule has 0 spiro atoms. The third kappa shape index (κ3) is 6.79. The summed E-state index contributed by atoms with van der Waals surface area (Å²) in [5, 5.41) is 20.1. The van der Waals surface area contributed by atoms with Crippen LogP contribution in [0.5, 0.6) is 11.5 Å². The molecule has 44 heavy (non-hydrogen) atoms. The van der Waals surface area contributed by atoms with E-state index < -0.39 is 23.7 Å². The van der Waals surface area contributed by atoms with Gasteiger partial charge in [0.1, 0.15) is 23.7 Å². The maximum absolute atomic E-state index is 14.3. The van der Waals surface area contributed by atoms with Crippen molar-refractivity contribution in [2.45, 2.75) is 104 Å². The standard InChI is InChI=1S/C38H52O6/c1-21(2)29-17-7-23(5)19-31(29)43-37(41)35-33(25-9-13-27(39)14-10-25)36(34(35)26-11-15-28(40)16-12-26)38(42)44-32-20-24(6)8-18-30(32)22(3)4/h9-16,21-24,29-36,39-40H,7-8,17-20H2,1-6H3/t23-,24-,29+,30+,31-,32-,33?,34?,35?,36?/m0/s1. The van der Waals surface area contributed by atoms with Gasteiger partial charge in [0, 0.05) is 11.8 Å². The van der Waals surface area contributed by atoms with Crippen LogP contribution in [-0.4, -0.2) is 34.4 Å². The molecule has 3 fully saturated rings. The van der Waals surface area contributed by atoms with Crippen LogP contribution in [0.2, 0.25) is 0 Å². The predicted octanol–water partition coefficient (Wildman–Crippen LogP) is 8.22. The fourth-order valence-electron chi connectivity index (χ4n) is 8.51. The highest BCUT2D eigenvalue weighted by molar-refractivity contribution is 5.85. The van der Waals surface area contributed by atoms with Gasteiger partial charge in [-0.15, -0.1) is 0 Å². The number of hydrogen-bond acceptors (Lipinski definition) is 6. The summed E-state index contributed by atoms with van der Waals surface area (Å²) >= 11 is 0. The Kier molecular flexibility index (Phi) is 9.96. The number of ether oxygens (including phenoxy) is 2. The highest BCUT2D eigenvalue weighted by Gasteiger charge is 2.60. The van der Waals surface area contributed by atoms with E-state index in [9.17, 15) is 19.8 Å². The number of esters is 2. The van der Waals surface area contributed by atoms with Crippen LogP contribution >= 0.6 is 0 Å². The van der Waals surface area contributed by atoms with E-state index in [-0.39, 0.29) is 35.6 Å². The summed E-state index contributed by atoms with van der Waals surface area (Å²) in [6.45, 7) is 13.2. The number of aromatic hydroxyl groups is 2. The summed E-state index contributed by atoms with van der Waals surface area (Å²) in [6.07, 6.45) is 5.72. The summed E-state index contributed by atoms with van der Waals surface area (Å²) in [6, 6.07) is 13.7. The van der Waals surface area contributed by atoms with E-state index in [2.05, 4.69) is 41.5 Å². The lowest BCUT2D eigenvalue weighted by Gasteiger charge is -2.51. The Bertz CT molecular complexity index is 1160. The van der Waals surface area contributed by atoms with Gasteiger partial charge in [0.15, 0.2) is 0 Å². The van der Waals surface area contributed by atoms with Gasteiger partial charge >= 0.3 is 11.9 Å². The minimum absolute atomic E-state index is 0.133. The third-order valence-corrected chi connectivity index (χ3v) is 11.1. The van der Waals surface area contributed by atoms with Crippen LogP contribution < -0.4 is 0 Å². The lowest BCUT2D eigenvalue weighted by atomic mass is 9.52. The zero-order chi connectivity index (χ0) is 31.7. The van der Waals surface area contributed by atoms with E-state index in [1.165, 1.54) is 0 Å². The lowest BCUT2D eigenvalue weighted by Crippen LogP contribution is -2.53. The van der Waals surface area contributed by atoms with Crippen LogP contribution in [0.15, 0.2) is 48.5 Å².